The van der Waals surface area contributed by atoms with Gasteiger partial charge in [0.15, 0.2) is 6.61 Å². The fourth-order valence-electron chi connectivity index (χ4n) is 2.10. The highest BCUT2D eigenvalue weighted by Crippen LogP contribution is 2.22. The van der Waals surface area contributed by atoms with E-state index in [1.165, 1.54) is 0 Å². The molecule has 0 radical (unpaired) electrons. The number of fused-ring (bicyclic) bond motifs is 1. The average Bonchev–Trinajstić information content (AvgIpc) is 3.03. The monoisotopic (exact) mass is 301 g/mol. The normalized spacial score (nSPS) is 13.4. The number of aromatic nitrogens is 2. The summed E-state index contributed by atoms with van der Waals surface area (Å²) in [5.74, 6) is -1.25. The molecule has 1 aliphatic heterocycles. The van der Waals surface area contributed by atoms with Crippen LogP contribution < -0.4 is 0 Å². The summed E-state index contributed by atoms with van der Waals surface area (Å²) in [6, 6.07) is 6.40. The second-order valence-corrected chi connectivity index (χ2v) is 4.62. The maximum absolute atomic E-state index is 12.1. The van der Waals surface area contributed by atoms with Crippen molar-refractivity contribution >= 4 is 17.8 Å². The van der Waals surface area contributed by atoms with E-state index in [0.717, 1.165) is 4.90 Å². The van der Waals surface area contributed by atoms with Crippen molar-refractivity contribution in [2.45, 2.75) is 13.5 Å². The quantitative estimate of drug-likeness (QED) is 0.605. The summed E-state index contributed by atoms with van der Waals surface area (Å²) < 4.78 is 9.97. The SMILES string of the molecule is Cc1nnc(COC(=O)CN2C(=O)c3ccccc3C2=O)o1. The second-order valence-electron chi connectivity index (χ2n) is 4.62. The number of hydrogen-bond acceptors (Lipinski definition) is 7. The van der Waals surface area contributed by atoms with Gasteiger partial charge in [0.2, 0.25) is 5.89 Å². The van der Waals surface area contributed by atoms with Gasteiger partial charge in [-0.3, -0.25) is 19.3 Å². The molecule has 2 heterocycles. The lowest BCUT2D eigenvalue weighted by atomic mass is 10.1. The van der Waals surface area contributed by atoms with E-state index in [9.17, 15) is 14.4 Å². The summed E-state index contributed by atoms with van der Waals surface area (Å²) in [4.78, 5) is 36.8. The molecular formula is C14H11N3O5. The number of carbonyl (C=O) groups excluding carboxylic acids is 3. The first-order chi connectivity index (χ1) is 10.6. The lowest BCUT2D eigenvalue weighted by Crippen LogP contribution is -2.35. The predicted molar refractivity (Wildman–Crippen MR) is 70.6 cm³/mol. The van der Waals surface area contributed by atoms with Crippen molar-refractivity contribution in [1.29, 1.82) is 0 Å². The zero-order chi connectivity index (χ0) is 15.7. The number of carbonyl (C=O) groups is 3. The molecule has 2 aromatic rings. The van der Waals surface area contributed by atoms with Gasteiger partial charge in [-0.2, -0.15) is 0 Å². The maximum atomic E-state index is 12.1. The van der Waals surface area contributed by atoms with Crippen molar-refractivity contribution in [2.24, 2.45) is 0 Å². The number of ether oxygens (including phenoxy) is 1. The first-order valence-corrected chi connectivity index (χ1v) is 6.46. The molecule has 0 unspecified atom stereocenters. The van der Waals surface area contributed by atoms with Crippen LogP contribution in [-0.4, -0.2) is 39.4 Å². The zero-order valence-corrected chi connectivity index (χ0v) is 11.6. The van der Waals surface area contributed by atoms with Crippen molar-refractivity contribution < 1.29 is 23.5 Å². The lowest BCUT2D eigenvalue weighted by Gasteiger charge is -2.12. The molecular weight excluding hydrogens is 290 g/mol. The van der Waals surface area contributed by atoms with Crippen molar-refractivity contribution in [3.8, 4) is 0 Å². The fraction of sp³-hybridized carbons (Fsp3) is 0.214. The van der Waals surface area contributed by atoms with E-state index in [-0.39, 0.29) is 23.6 Å². The molecule has 0 saturated heterocycles. The van der Waals surface area contributed by atoms with Gasteiger partial charge in [0.25, 0.3) is 17.7 Å². The molecule has 8 nitrogen and oxygen atoms in total. The van der Waals surface area contributed by atoms with E-state index in [0.29, 0.717) is 5.89 Å². The number of benzene rings is 1. The van der Waals surface area contributed by atoms with Crippen molar-refractivity contribution in [2.75, 3.05) is 6.54 Å². The number of nitrogens with zero attached hydrogens (tertiary/aromatic N) is 3. The average molecular weight is 301 g/mol. The summed E-state index contributed by atoms with van der Waals surface area (Å²) in [6.07, 6.45) is 0. The van der Waals surface area contributed by atoms with Crippen LogP contribution in [0.25, 0.3) is 0 Å². The van der Waals surface area contributed by atoms with Gasteiger partial charge in [0.1, 0.15) is 6.54 Å². The Kier molecular flexibility index (Phi) is 3.42. The van der Waals surface area contributed by atoms with Crippen LogP contribution in [0.1, 0.15) is 32.5 Å². The number of esters is 1. The highest BCUT2D eigenvalue weighted by Gasteiger charge is 2.36. The summed E-state index contributed by atoms with van der Waals surface area (Å²) in [5, 5.41) is 7.26. The van der Waals surface area contributed by atoms with Gasteiger partial charge >= 0.3 is 5.97 Å². The molecule has 0 aliphatic carbocycles. The molecule has 0 bridgehead atoms. The molecule has 0 spiro atoms. The largest absolute Gasteiger partial charge is 0.454 e. The summed E-state index contributed by atoms with van der Waals surface area (Å²) >= 11 is 0. The third-order valence-corrected chi connectivity index (χ3v) is 3.09. The molecule has 8 heteroatoms. The van der Waals surface area contributed by atoms with Gasteiger partial charge in [-0.15, -0.1) is 10.2 Å². The van der Waals surface area contributed by atoms with E-state index in [4.69, 9.17) is 9.15 Å². The minimum Gasteiger partial charge on any atom is -0.454 e. The first-order valence-electron chi connectivity index (χ1n) is 6.46. The van der Waals surface area contributed by atoms with E-state index >= 15 is 0 Å². The minimum atomic E-state index is -0.731. The number of aryl methyl sites for hydroxylation is 1. The van der Waals surface area contributed by atoms with Crippen molar-refractivity contribution in [3.63, 3.8) is 0 Å². The summed E-state index contributed by atoms with van der Waals surface area (Å²) in [7, 11) is 0. The van der Waals surface area contributed by atoms with Crippen LogP contribution in [0.2, 0.25) is 0 Å². The van der Waals surface area contributed by atoms with Gasteiger partial charge in [0, 0.05) is 6.92 Å². The standard InChI is InChI=1S/C14H11N3O5/c1-8-15-16-11(22-8)7-21-12(18)6-17-13(19)9-4-2-3-5-10(9)14(17)20/h2-5H,6-7H2,1H3. The Morgan fingerprint density at radius 2 is 1.82 bits per heavy atom. The Balaban J connectivity index is 1.63. The van der Waals surface area contributed by atoms with Gasteiger partial charge < -0.3 is 9.15 Å². The smallest absolute Gasteiger partial charge is 0.326 e. The molecule has 0 atom stereocenters. The third kappa shape index (κ3) is 2.46. The Labute approximate surface area is 124 Å². The minimum absolute atomic E-state index is 0.146. The van der Waals surface area contributed by atoms with E-state index < -0.39 is 24.3 Å². The zero-order valence-electron chi connectivity index (χ0n) is 11.6. The van der Waals surface area contributed by atoms with E-state index in [1.807, 2.05) is 0 Å². The van der Waals surface area contributed by atoms with E-state index in [1.54, 1.807) is 31.2 Å². The van der Waals surface area contributed by atoms with Crippen molar-refractivity contribution in [1.82, 2.24) is 15.1 Å². The fourth-order valence-corrected chi connectivity index (χ4v) is 2.10. The molecule has 0 saturated carbocycles. The number of amides is 2. The molecule has 1 aromatic carbocycles. The van der Waals surface area contributed by atoms with Crippen molar-refractivity contribution in [3.05, 3.63) is 47.2 Å². The lowest BCUT2D eigenvalue weighted by molar-refractivity contribution is -0.145. The summed E-state index contributed by atoms with van der Waals surface area (Å²) in [6.45, 7) is 0.944. The topological polar surface area (TPSA) is 103 Å². The van der Waals surface area contributed by atoms with Crippen LogP contribution in [0.15, 0.2) is 28.7 Å². The Morgan fingerprint density at radius 1 is 1.18 bits per heavy atom. The highest BCUT2D eigenvalue weighted by molar-refractivity contribution is 6.22. The third-order valence-electron chi connectivity index (χ3n) is 3.09. The van der Waals surface area contributed by atoms with Gasteiger partial charge in [-0.25, -0.2) is 0 Å². The van der Waals surface area contributed by atoms with Crippen LogP contribution in [0, 0.1) is 6.92 Å². The van der Waals surface area contributed by atoms with Crippen LogP contribution in [0.4, 0.5) is 0 Å². The Morgan fingerprint density at radius 3 is 2.36 bits per heavy atom. The molecule has 0 N–H and O–H groups in total. The van der Waals surface area contributed by atoms with E-state index in [2.05, 4.69) is 10.2 Å². The molecule has 22 heavy (non-hydrogen) atoms. The Hall–Kier alpha value is -3.03. The highest BCUT2D eigenvalue weighted by atomic mass is 16.5. The molecule has 112 valence electrons. The first kappa shape index (κ1) is 13.9. The molecule has 3 rings (SSSR count). The number of rotatable bonds is 4. The number of imide groups is 1. The second kappa shape index (κ2) is 5.40. The van der Waals surface area contributed by atoms with Gasteiger partial charge in [0.05, 0.1) is 11.1 Å². The van der Waals surface area contributed by atoms with Crippen LogP contribution >= 0.6 is 0 Å². The van der Waals surface area contributed by atoms with Gasteiger partial charge in [-0.05, 0) is 12.1 Å². The Bertz CT molecular complexity index is 732. The van der Waals surface area contributed by atoms with Crippen LogP contribution in [-0.2, 0) is 16.1 Å². The molecule has 2 amide bonds. The maximum Gasteiger partial charge on any atom is 0.326 e. The van der Waals surface area contributed by atoms with Crippen LogP contribution in [0.3, 0.4) is 0 Å². The molecule has 1 aliphatic rings. The molecule has 0 fully saturated rings. The summed E-state index contributed by atoms with van der Waals surface area (Å²) in [5.41, 5.74) is 0.570. The van der Waals surface area contributed by atoms with Crippen LogP contribution in [0.5, 0.6) is 0 Å². The number of hydrogen-bond donors (Lipinski definition) is 0. The predicted octanol–water partition coefficient (Wildman–Crippen LogP) is 0.717. The van der Waals surface area contributed by atoms with Gasteiger partial charge in [-0.1, -0.05) is 12.1 Å². The molecule has 1 aromatic heterocycles.